The molecule has 0 spiro atoms. The predicted molar refractivity (Wildman–Crippen MR) is 63.6 cm³/mol. The number of aromatic nitrogens is 2. The number of ether oxygens (including phenoxy) is 1. The zero-order chi connectivity index (χ0) is 11.5. The zero-order valence-corrected chi connectivity index (χ0v) is 9.69. The van der Waals surface area contributed by atoms with E-state index in [1.54, 1.807) is 7.11 Å². The molecule has 0 aliphatic heterocycles. The van der Waals surface area contributed by atoms with E-state index in [4.69, 9.17) is 4.74 Å². The van der Waals surface area contributed by atoms with Gasteiger partial charge >= 0.3 is 0 Å². The van der Waals surface area contributed by atoms with Gasteiger partial charge in [0.25, 0.3) is 0 Å². The van der Waals surface area contributed by atoms with Crippen molar-refractivity contribution in [2.45, 2.75) is 13.0 Å². The van der Waals surface area contributed by atoms with E-state index in [0.29, 0.717) is 0 Å². The lowest BCUT2D eigenvalue weighted by atomic mass is 10.2. The molecule has 0 fully saturated rings. The van der Waals surface area contributed by atoms with Gasteiger partial charge in [-0.05, 0) is 32.2 Å². The number of rotatable bonds is 3. The Morgan fingerprint density at radius 1 is 1.38 bits per heavy atom. The largest absolute Gasteiger partial charge is 0.497 e. The molecule has 1 N–H and O–H groups in total. The summed E-state index contributed by atoms with van der Waals surface area (Å²) < 4.78 is 5.15. The molecule has 0 saturated carbocycles. The molecule has 1 unspecified atom stereocenters. The molecule has 0 aliphatic carbocycles. The molecule has 1 aromatic carbocycles. The first-order valence-electron chi connectivity index (χ1n) is 5.22. The van der Waals surface area contributed by atoms with Crippen molar-refractivity contribution < 1.29 is 4.74 Å². The van der Waals surface area contributed by atoms with E-state index in [2.05, 4.69) is 15.3 Å². The summed E-state index contributed by atoms with van der Waals surface area (Å²) in [6, 6.07) is 5.94. The van der Waals surface area contributed by atoms with E-state index in [1.807, 2.05) is 38.4 Å². The highest BCUT2D eigenvalue weighted by molar-refractivity contribution is 5.79. The van der Waals surface area contributed by atoms with Gasteiger partial charge in [-0.25, -0.2) is 9.97 Å². The molecular weight excluding hydrogens is 202 g/mol. The van der Waals surface area contributed by atoms with Gasteiger partial charge in [0.05, 0.1) is 18.7 Å². The highest BCUT2D eigenvalue weighted by Gasteiger charge is 2.07. The standard InChI is InChI=1S/C12H15N3O/c1-8(13-2)12-14-7-9-6-10(16-3)4-5-11(9)15-12/h4-8,13H,1-3H3. The fourth-order valence-electron chi connectivity index (χ4n) is 1.49. The first-order valence-corrected chi connectivity index (χ1v) is 5.22. The molecule has 0 bridgehead atoms. The van der Waals surface area contributed by atoms with E-state index in [9.17, 15) is 0 Å². The maximum atomic E-state index is 5.15. The third-order valence-corrected chi connectivity index (χ3v) is 2.63. The summed E-state index contributed by atoms with van der Waals surface area (Å²) in [5.74, 6) is 1.63. The van der Waals surface area contributed by atoms with Crippen molar-refractivity contribution in [2.75, 3.05) is 14.2 Å². The second kappa shape index (κ2) is 4.45. The van der Waals surface area contributed by atoms with Crippen LogP contribution in [0.5, 0.6) is 5.75 Å². The maximum absolute atomic E-state index is 5.15. The van der Waals surface area contributed by atoms with Crippen LogP contribution >= 0.6 is 0 Å². The summed E-state index contributed by atoms with van der Waals surface area (Å²) >= 11 is 0. The molecule has 1 aromatic heterocycles. The summed E-state index contributed by atoms with van der Waals surface area (Å²) in [7, 11) is 3.55. The van der Waals surface area contributed by atoms with Crippen LogP contribution in [0, 0.1) is 0 Å². The fraction of sp³-hybridized carbons (Fsp3) is 0.333. The number of benzene rings is 1. The Morgan fingerprint density at radius 2 is 2.19 bits per heavy atom. The number of nitrogens with zero attached hydrogens (tertiary/aromatic N) is 2. The van der Waals surface area contributed by atoms with Crippen molar-refractivity contribution in [1.82, 2.24) is 15.3 Å². The summed E-state index contributed by atoms with van der Waals surface area (Å²) in [6.45, 7) is 2.03. The zero-order valence-electron chi connectivity index (χ0n) is 9.69. The van der Waals surface area contributed by atoms with Gasteiger partial charge in [-0.15, -0.1) is 0 Å². The Kier molecular flexibility index (Phi) is 3.01. The molecule has 0 amide bonds. The van der Waals surface area contributed by atoms with E-state index in [1.165, 1.54) is 0 Å². The average molecular weight is 217 g/mol. The predicted octanol–water partition coefficient (Wildman–Crippen LogP) is 1.92. The second-order valence-corrected chi connectivity index (χ2v) is 3.66. The molecular formula is C12H15N3O. The van der Waals surface area contributed by atoms with Crippen LogP contribution in [0.1, 0.15) is 18.8 Å². The van der Waals surface area contributed by atoms with E-state index in [-0.39, 0.29) is 6.04 Å². The quantitative estimate of drug-likeness (QED) is 0.853. The van der Waals surface area contributed by atoms with Crippen molar-refractivity contribution in [1.29, 1.82) is 0 Å². The molecule has 84 valence electrons. The van der Waals surface area contributed by atoms with Crippen LogP contribution in [0.3, 0.4) is 0 Å². The fourth-order valence-corrected chi connectivity index (χ4v) is 1.49. The minimum absolute atomic E-state index is 0.159. The minimum Gasteiger partial charge on any atom is -0.497 e. The van der Waals surface area contributed by atoms with Crippen LogP contribution in [-0.2, 0) is 0 Å². The molecule has 1 atom stereocenters. The van der Waals surface area contributed by atoms with Gasteiger partial charge in [0.1, 0.15) is 11.6 Å². The number of hydrogen-bond donors (Lipinski definition) is 1. The van der Waals surface area contributed by atoms with Crippen LogP contribution in [0.15, 0.2) is 24.4 Å². The lowest BCUT2D eigenvalue weighted by Crippen LogP contribution is -2.15. The van der Waals surface area contributed by atoms with Gasteiger partial charge < -0.3 is 10.1 Å². The summed E-state index contributed by atoms with van der Waals surface area (Å²) in [4.78, 5) is 8.82. The van der Waals surface area contributed by atoms with Crippen molar-refractivity contribution in [3.8, 4) is 5.75 Å². The van der Waals surface area contributed by atoms with Gasteiger partial charge in [-0.2, -0.15) is 0 Å². The number of nitrogens with one attached hydrogen (secondary N) is 1. The van der Waals surface area contributed by atoms with Crippen LogP contribution in [0.25, 0.3) is 10.9 Å². The van der Waals surface area contributed by atoms with Gasteiger partial charge in [-0.1, -0.05) is 0 Å². The van der Waals surface area contributed by atoms with Gasteiger partial charge in [0, 0.05) is 11.6 Å². The second-order valence-electron chi connectivity index (χ2n) is 3.66. The number of methoxy groups -OCH3 is 1. The molecule has 0 saturated heterocycles. The number of fused-ring (bicyclic) bond motifs is 1. The molecule has 0 aliphatic rings. The van der Waals surface area contributed by atoms with Gasteiger partial charge in [0.15, 0.2) is 0 Å². The smallest absolute Gasteiger partial charge is 0.145 e. The van der Waals surface area contributed by atoms with E-state index >= 15 is 0 Å². The van der Waals surface area contributed by atoms with E-state index in [0.717, 1.165) is 22.5 Å². The molecule has 2 rings (SSSR count). The molecule has 16 heavy (non-hydrogen) atoms. The third-order valence-electron chi connectivity index (χ3n) is 2.63. The molecule has 1 heterocycles. The van der Waals surface area contributed by atoms with Crippen molar-refractivity contribution in [3.05, 3.63) is 30.2 Å². The topological polar surface area (TPSA) is 47.0 Å². The SMILES string of the molecule is CNC(C)c1ncc2cc(OC)ccc2n1. The summed E-state index contributed by atoms with van der Waals surface area (Å²) in [5.41, 5.74) is 0.938. The minimum atomic E-state index is 0.159. The molecule has 4 heteroatoms. The first-order chi connectivity index (χ1) is 7.74. The monoisotopic (exact) mass is 217 g/mol. The third kappa shape index (κ3) is 1.97. The van der Waals surface area contributed by atoms with Crippen molar-refractivity contribution in [2.24, 2.45) is 0 Å². The van der Waals surface area contributed by atoms with E-state index < -0.39 is 0 Å². The van der Waals surface area contributed by atoms with Crippen LogP contribution in [0.4, 0.5) is 0 Å². The Morgan fingerprint density at radius 3 is 2.88 bits per heavy atom. The maximum Gasteiger partial charge on any atom is 0.145 e. The highest BCUT2D eigenvalue weighted by Crippen LogP contribution is 2.19. The summed E-state index contributed by atoms with van der Waals surface area (Å²) in [5, 5.41) is 4.11. The Bertz CT molecular complexity index is 499. The molecule has 4 nitrogen and oxygen atoms in total. The highest BCUT2D eigenvalue weighted by atomic mass is 16.5. The Labute approximate surface area is 94.7 Å². The molecule has 0 radical (unpaired) electrons. The lowest BCUT2D eigenvalue weighted by Gasteiger charge is -2.09. The Hall–Kier alpha value is -1.68. The normalized spacial score (nSPS) is 12.7. The van der Waals surface area contributed by atoms with Gasteiger partial charge in [0.2, 0.25) is 0 Å². The number of hydrogen-bond acceptors (Lipinski definition) is 4. The summed E-state index contributed by atoms with van der Waals surface area (Å²) in [6.07, 6.45) is 1.83. The van der Waals surface area contributed by atoms with Gasteiger partial charge in [-0.3, -0.25) is 0 Å². The van der Waals surface area contributed by atoms with Crippen molar-refractivity contribution >= 4 is 10.9 Å². The first kappa shape index (κ1) is 10.8. The van der Waals surface area contributed by atoms with Crippen LogP contribution in [0.2, 0.25) is 0 Å². The van der Waals surface area contributed by atoms with Crippen molar-refractivity contribution in [3.63, 3.8) is 0 Å². The lowest BCUT2D eigenvalue weighted by molar-refractivity contribution is 0.415. The molecule has 2 aromatic rings. The Balaban J connectivity index is 2.47. The average Bonchev–Trinajstić information content (AvgIpc) is 2.36. The van der Waals surface area contributed by atoms with Crippen LogP contribution in [-0.4, -0.2) is 24.1 Å². The van der Waals surface area contributed by atoms with Crippen LogP contribution < -0.4 is 10.1 Å².